The van der Waals surface area contributed by atoms with Crippen LogP contribution in [0.15, 0.2) is 30.3 Å². The number of carbonyl (C=O) groups is 1. The van der Waals surface area contributed by atoms with Crippen molar-refractivity contribution >= 4 is 11.6 Å². The Balaban J connectivity index is 1.58. The third-order valence-corrected chi connectivity index (χ3v) is 4.45. The van der Waals surface area contributed by atoms with Crippen molar-refractivity contribution in [2.75, 3.05) is 5.32 Å². The van der Waals surface area contributed by atoms with Gasteiger partial charge in [-0.05, 0) is 39.8 Å². The summed E-state index contributed by atoms with van der Waals surface area (Å²) in [6.07, 6.45) is -2.99. The molecular weight excluding hydrogens is 326 g/mol. The van der Waals surface area contributed by atoms with Crippen molar-refractivity contribution in [2.45, 2.75) is 70.0 Å². The van der Waals surface area contributed by atoms with Crippen LogP contribution in [0.4, 0.5) is 5.69 Å². The first-order valence-corrected chi connectivity index (χ1v) is 8.47. The average Bonchev–Trinajstić information content (AvgIpc) is 3.01. The number of para-hydroxylation sites is 1. The van der Waals surface area contributed by atoms with Gasteiger partial charge in [0.15, 0.2) is 24.0 Å². The molecule has 1 aromatic carbocycles. The van der Waals surface area contributed by atoms with Crippen molar-refractivity contribution in [3.63, 3.8) is 0 Å². The van der Waals surface area contributed by atoms with E-state index in [0.717, 1.165) is 0 Å². The van der Waals surface area contributed by atoms with E-state index < -0.39 is 42.3 Å². The van der Waals surface area contributed by atoms with Crippen LogP contribution in [0.3, 0.4) is 0 Å². The summed E-state index contributed by atoms with van der Waals surface area (Å²) in [4.78, 5) is 12.8. The number of ether oxygens (including phenoxy) is 5. The van der Waals surface area contributed by atoms with Crippen LogP contribution < -0.4 is 5.32 Å². The van der Waals surface area contributed by atoms with E-state index in [1.165, 1.54) is 0 Å². The highest BCUT2D eigenvalue weighted by Gasteiger charge is 2.62. The zero-order chi connectivity index (χ0) is 17.8. The van der Waals surface area contributed by atoms with E-state index >= 15 is 0 Å². The minimum Gasteiger partial charge on any atom is -0.342 e. The van der Waals surface area contributed by atoms with E-state index in [4.69, 9.17) is 23.7 Å². The Morgan fingerprint density at radius 3 is 2.20 bits per heavy atom. The Labute approximate surface area is 146 Å². The van der Waals surface area contributed by atoms with Crippen molar-refractivity contribution < 1.29 is 28.5 Å². The number of benzene rings is 1. The minimum atomic E-state index is -0.856. The lowest BCUT2D eigenvalue weighted by Crippen LogP contribution is -2.58. The van der Waals surface area contributed by atoms with Crippen LogP contribution >= 0.6 is 0 Å². The molecule has 1 amide bonds. The molecule has 1 N–H and O–H groups in total. The fourth-order valence-corrected chi connectivity index (χ4v) is 3.56. The zero-order valence-electron chi connectivity index (χ0n) is 14.7. The van der Waals surface area contributed by atoms with Crippen molar-refractivity contribution in [3.8, 4) is 0 Å². The molecule has 3 aliphatic heterocycles. The van der Waals surface area contributed by atoms with Gasteiger partial charge < -0.3 is 29.0 Å². The van der Waals surface area contributed by atoms with Gasteiger partial charge in [-0.2, -0.15) is 0 Å². The Kier molecular flexibility index (Phi) is 3.90. The number of amides is 1. The van der Waals surface area contributed by atoms with Gasteiger partial charge in [-0.15, -0.1) is 0 Å². The molecule has 3 fully saturated rings. The number of rotatable bonds is 2. The summed E-state index contributed by atoms with van der Waals surface area (Å²) < 4.78 is 29.6. The second-order valence-corrected chi connectivity index (χ2v) is 7.45. The molecule has 5 atom stereocenters. The van der Waals surface area contributed by atoms with Crippen LogP contribution in [-0.4, -0.2) is 48.2 Å². The number of carbonyl (C=O) groups excluding carboxylic acids is 1. The molecule has 0 aromatic heterocycles. The second-order valence-electron chi connectivity index (χ2n) is 7.45. The third-order valence-electron chi connectivity index (χ3n) is 4.45. The van der Waals surface area contributed by atoms with E-state index in [-0.39, 0.29) is 5.91 Å². The lowest BCUT2D eigenvalue weighted by Gasteiger charge is -2.36. The van der Waals surface area contributed by atoms with Gasteiger partial charge in [0.05, 0.1) is 0 Å². The summed E-state index contributed by atoms with van der Waals surface area (Å²) in [6, 6.07) is 9.22. The maximum absolute atomic E-state index is 12.8. The predicted octanol–water partition coefficient (Wildman–Crippen LogP) is 2.02. The minimum absolute atomic E-state index is 0.297. The molecule has 3 heterocycles. The fourth-order valence-electron chi connectivity index (χ4n) is 3.56. The van der Waals surface area contributed by atoms with Crippen molar-refractivity contribution in [1.29, 1.82) is 0 Å². The SMILES string of the molecule is CC1(C)O[C@@H]2O[C@@H](C(=O)Nc3ccccc3)[C@H]3OC(C)(C)O[C@@H]3[C@H]2O1. The van der Waals surface area contributed by atoms with Gasteiger partial charge in [-0.3, -0.25) is 4.79 Å². The molecule has 0 aliphatic carbocycles. The first-order valence-electron chi connectivity index (χ1n) is 8.47. The number of hydrogen-bond acceptors (Lipinski definition) is 6. The lowest BCUT2D eigenvalue weighted by molar-refractivity contribution is -0.229. The van der Waals surface area contributed by atoms with Crippen molar-refractivity contribution in [1.82, 2.24) is 0 Å². The Bertz CT molecular complexity index is 661. The maximum atomic E-state index is 12.8. The number of fused-ring (bicyclic) bond motifs is 3. The molecule has 3 aliphatic rings. The van der Waals surface area contributed by atoms with Crippen LogP contribution in [0.5, 0.6) is 0 Å². The van der Waals surface area contributed by atoms with Gasteiger partial charge >= 0.3 is 0 Å². The van der Waals surface area contributed by atoms with Gasteiger partial charge in [-0.25, -0.2) is 0 Å². The highest BCUT2D eigenvalue weighted by atomic mass is 16.9. The van der Waals surface area contributed by atoms with Gasteiger partial charge in [0.1, 0.15) is 18.3 Å². The van der Waals surface area contributed by atoms with Gasteiger partial charge in [0.25, 0.3) is 5.91 Å². The summed E-state index contributed by atoms with van der Waals surface area (Å²) in [5.41, 5.74) is 0.692. The molecule has 0 radical (unpaired) electrons. The van der Waals surface area contributed by atoms with Gasteiger partial charge in [0.2, 0.25) is 0 Å². The van der Waals surface area contributed by atoms with E-state index in [2.05, 4.69) is 5.32 Å². The Morgan fingerprint density at radius 1 is 0.880 bits per heavy atom. The maximum Gasteiger partial charge on any atom is 0.256 e. The first-order chi connectivity index (χ1) is 11.7. The molecule has 136 valence electrons. The predicted molar refractivity (Wildman–Crippen MR) is 87.6 cm³/mol. The quantitative estimate of drug-likeness (QED) is 0.880. The highest BCUT2D eigenvalue weighted by molar-refractivity contribution is 5.94. The molecule has 25 heavy (non-hydrogen) atoms. The van der Waals surface area contributed by atoms with Crippen LogP contribution in [0.1, 0.15) is 27.7 Å². The second kappa shape index (κ2) is 5.75. The molecule has 1 aromatic rings. The molecule has 3 saturated heterocycles. The molecule has 4 rings (SSSR count). The average molecular weight is 349 g/mol. The molecule has 0 bridgehead atoms. The van der Waals surface area contributed by atoms with E-state index in [0.29, 0.717) is 5.69 Å². The summed E-state index contributed by atoms with van der Waals surface area (Å²) >= 11 is 0. The Hall–Kier alpha value is -1.51. The summed E-state index contributed by atoms with van der Waals surface area (Å²) in [7, 11) is 0. The van der Waals surface area contributed by atoms with Gasteiger partial charge in [0, 0.05) is 5.69 Å². The third kappa shape index (κ3) is 3.18. The molecule has 0 spiro atoms. The largest absolute Gasteiger partial charge is 0.342 e. The van der Waals surface area contributed by atoms with Crippen molar-refractivity contribution in [2.24, 2.45) is 0 Å². The van der Waals surface area contributed by atoms with E-state index in [9.17, 15) is 4.79 Å². The zero-order valence-corrected chi connectivity index (χ0v) is 14.7. The van der Waals surface area contributed by atoms with Gasteiger partial charge in [-0.1, -0.05) is 18.2 Å². The van der Waals surface area contributed by atoms with Crippen molar-refractivity contribution in [3.05, 3.63) is 30.3 Å². The monoisotopic (exact) mass is 349 g/mol. The standard InChI is InChI=1S/C18H23NO6/c1-17(2)22-11-12(23-17)14-16(25-18(3,4)24-14)21-13(11)15(20)19-10-8-6-5-7-9-10/h5-9,11-14,16H,1-4H3,(H,19,20)/t11-,12-,13+,14+,16-/m0/s1. The fraction of sp³-hybridized carbons (Fsp3) is 0.611. The number of hydrogen-bond donors (Lipinski definition) is 1. The summed E-state index contributed by atoms with van der Waals surface area (Å²) in [5, 5.41) is 2.86. The number of anilines is 1. The molecule has 7 nitrogen and oxygen atoms in total. The first kappa shape index (κ1) is 16.9. The molecule has 0 saturated carbocycles. The molecule has 7 heteroatoms. The smallest absolute Gasteiger partial charge is 0.256 e. The summed E-state index contributed by atoms with van der Waals surface area (Å²) in [6.45, 7) is 7.24. The normalized spacial score (nSPS) is 38.0. The van der Waals surface area contributed by atoms with Crippen LogP contribution in [0, 0.1) is 0 Å². The highest BCUT2D eigenvalue weighted by Crippen LogP contribution is 2.44. The molecule has 0 unspecified atom stereocenters. The lowest BCUT2D eigenvalue weighted by atomic mass is 9.98. The van der Waals surface area contributed by atoms with Crippen LogP contribution in [-0.2, 0) is 28.5 Å². The molecular formula is C18H23NO6. The van der Waals surface area contributed by atoms with E-state index in [1.807, 2.05) is 58.0 Å². The van der Waals surface area contributed by atoms with Crippen LogP contribution in [0.25, 0.3) is 0 Å². The number of nitrogens with one attached hydrogen (secondary N) is 1. The van der Waals surface area contributed by atoms with Crippen LogP contribution in [0.2, 0.25) is 0 Å². The van der Waals surface area contributed by atoms with E-state index in [1.54, 1.807) is 0 Å². The summed E-state index contributed by atoms with van der Waals surface area (Å²) in [5.74, 6) is -1.93. The topological polar surface area (TPSA) is 75.3 Å². The Morgan fingerprint density at radius 2 is 1.48 bits per heavy atom.